The van der Waals surface area contributed by atoms with Gasteiger partial charge < -0.3 is 19.6 Å². The predicted octanol–water partition coefficient (Wildman–Crippen LogP) is 1.83. The Kier molecular flexibility index (Phi) is 7.95. The molecule has 1 aliphatic heterocycles. The number of nitrogens with zero attached hydrogens (tertiary/aromatic N) is 1. The van der Waals surface area contributed by atoms with Gasteiger partial charge in [0.25, 0.3) is 0 Å². The van der Waals surface area contributed by atoms with Crippen LogP contribution in [0.1, 0.15) is 0 Å². The second kappa shape index (κ2) is 9.70. The Bertz CT molecular complexity index is 736. The summed E-state index contributed by atoms with van der Waals surface area (Å²) in [6.07, 6.45) is 7.26. The van der Waals surface area contributed by atoms with Gasteiger partial charge in [-0.1, -0.05) is 23.8 Å². The average molecular weight is 506 g/mol. The molecule has 1 aromatic heterocycles. The third-order valence-electron chi connectivity index (χ3n) is 2.63. The summed E-state index contributed by atoms with van der Waals surface area (Å²) in [5.41, 5.74) is 0.636. The molecule has 0 bridgehead atoms. The van der Waals surface area contributed by atoms with Crippen molar-refractivity contribution in [3.63, 3.8) is 0 Å². The van der Waals surface area contributed by atoms with E-state index in [2.05, 4.69) is 21.9 Å². The van der Waals surface area contributed by atoms with E-state index in [1.807, 2.05) is 0 Å². The number of aromatic nitrogens is 1. The molecule has 2 heterocycles. The summed E-state index contributed by atoms with van der Waals surface area (Å²) in [7, 11) is 0. The number of carbonyl (C=O) groups is 1. The second-order valence-electron chi connectivity index (χ2n) is 4.25. The predicted molar refractivity (Wildman–Crippen MR) is 75.3 cm³/mol. The molecule has 0 fully saturated rings. The zero-order valence-electron chi connectivity index (χ0n) is 12.0. The van der Waals surface area contributed by atoms with Crippen molar-refractivity contribution in [1.29, 1.82) is 0 Å². The number of hydrogen-bond acceptors (Lipinski definition) is 4. The molecule has 124 valence electrons. The minimum Gasteiger partial charge on any atom is -0.548 e. The van der Waals surface area contributed by atoms with Gasteiger partial charge in [-0.15, -0.1) is 12.1 Å². The number of pyridine rings is 1. The fraction of sp³-hybridized carbons (Fsp3) is 0.0588. The van der Waals surface area contributed by atoms with Crippen molar-refractivity contribution in [3.8, 4) is 11.3 Å². The van der Waals surface area contributed by atoms with Crippen LogP contribution in [-0.2, 0) is 29.6 Å². The molecule has 0 aliphatic carbocycles. The van der Waals surface area contributed by atoms with E-state index < -0.39 is 23.7 Å². The molecule has 1 atom stereocenters. The minimum absolute atomic E-state index is 0. The van der Waals surface area contributed by atoms with E-state index in [9.17, 15) is 18.7 Å². The Balaban J connectivity index is 0.000000252. The van der Waals surface area contributed by atoms with Gasteiger partial charge in [-0.05, 0) is 11.8 Å². The van der Waals surface area contributed by atoms with Crippen molar-refractivity contribution in [2.24, 2.45) is 0 Å². The van der Waals surface area contributed by atoms with Crippen LogP contribution < -0.4 is 5.11 Å². The summed E-state index contributed by atoms with van der Waals surface area (Å²) in [6.45, 7) is 0. The molecule has 1 aliphatic rings. The maximum atomic E-state index is 13.2. The molecule has 7 heteroatoms. The van der Waals surface area contributed by atoms with Crippen molar-refractivity contribution in [2.75, 3.05) is 0 Å². The second-order valence-corrected chi connectivity index (χ2v) is 4.25. The van der Waals surface area contributed by atoms with Gasteiger partial charge in [0, 0.05) is 24.1 Å². The topological polar surface area (TPSA) is 62.2 Å². The monoisotopic (exact) mass is 507 g/mol. The van der Waals surface area contributed by atoms with Gasteiger partial charge in [0.05, 0.1) is 12.1 Å². The van der Waals surface area contributed by atoms with Crippen LogP contribution in [0.2, 0.25) is 0 Å². The molecule has 0 spiro atoms. The fourth-order valence-electron chi connectivity index (χ4n) is 1.62. The zero-order chi connectivity index (χ0) is 16.7. The van der Waals surface area contributed by atoms with E-state index in [1.165, 1.54) is 12.3 Å². The van der Waals surface area contributed by atoms with Crippen LogP contribution in [0.15, 0.2) is 54.9 Å². The van der Waals surface area contributed by atoms with Crippen LogP contribution in [-0.4, -0.2) is 17.1 Å². The van der Waals surface area contributed by atoms with E-state index in [1.54, 1.807) is 30.5 Å². The fourth-order valence-corrected chi connectivity index (χ4v) is 1.62. The van der Waals surface area contributed by atoms with Crippen molar-refractivity contribution in [3.05, 3.63) is 78.7 Å². The Hall–Kier alpha value is -2.37. The molecular formula is C17H10F2IrNO3. The Morgan fingerprint density at radius 1 is 1.33 bits per heavy atom. The van der Waals surface area contributed by atoms with E-state index >= 15 is 0 Å². The molecule has 0 amide bonds. The number of allylic oxidation sites excluding steroid dienone is 2. The van der Waals surface area contributed by atoms with Crippen LogP contribution in [0.5, 0.6) is 0 Å². The number of carbonyl (C=O) groups excluding carboxylic acids is 1. The number of carboxylic acids is 1. The normalized spacial score (nSPS) is 14.7. The van der Waals surface area contributed by atoms with Crippen molar-refractivity contribution >= 4 is 5.97 Å². The Morgan fingerprint density at radius 3 is 2.62 bits per heavy atom. The molecular weight excluding hydrogens is 496 g/mol. The number of carboxylic acid groups (broad SMARTS) is 1. The first-order valence-corrected chi connectivity index (χ1v) is 6.47. The first kappa shape index (κ1) is 19.7. The standard InChI is InChI=1S/C11H6F2N.C6H5O3.Ir/c12-8-4-5-9(10(13)7-8)11-3-1-2-6-14-11;7-6(8)5-3-1-2-4-9-5;/h1-4,6-7H;1-2,4-5H,(H,7,8);/q2*-1;+3/p-1. The van der Waals surface area contributed by atoms with Gasteiger partial charge in [-0.25, -0.2) is 12.2 Å². The van der Waals surface area contributed by atoms with Crippen LogP contribution in [0, 0.1) is 23.8 Å². The molecule has 3 rings (SSSR count). The summed E-state index contributed by atoms with van der Waals surface area (Å²) in [4.78, 5) is 13.9. The molecule has 2 aromatic rings. The van der Waals surface area contributed by atoms with Crippen molar-refractivity contribution in [1.82, 2.24) is 4.98 Å². The summed E-state index contributed by atoms with van der Waals surface area (Å²) >= 11 is 0. The van der Waals surface area contributed by atoms with Crippen LogP contribution in [0.3, 0.4) is 0 Å². The first-order valence-electron chi connectivity index (χ1n) is 6.47. The third kappa shape index (κ3) is 5.68. The van der Waals surface area contributed by atoms with Gasteiger partial charge in [0.2, 0.25) is 0 Å². The van der Waals surface area contributed by atoms with E-state index in [0.29, 0.717) is 5.69 Å². The van der Waals surface area contributed by atoms with Gasteiger partial charge in [0.15, 0.2) is 0 Å². The minimum atomic E-state index is -1.27. The SMILES string of the molecule is Fc1c[c-]c(-c2ccccn2)c(F)c1.O=C([O-])C1[C-]=CC=CO1.[Ir+3]. The van der Waals surface area contributed by atoms with Gasteiger partial charge in [-0.3, -0.25) is 8.78 Å². The Labute approximate surface area is 150 Å². The van der Waals surface area contributed by atoms with E-state index in [0.717, 1.165) is 12.1 Å². The first-order chi connectivity index (χ1) is 11.1. The molecule has 0 radical (unpaired) electrons. The van der Waals surface area contributed by atoms with Crippen LogP contribution in [0.25, 0.3) is 11.3 Å². The van der Waals surface area contributed by atoms with Crippen LogP contribution in [0.4, 0.5) is 8.78 Å². The Morgan fingerprint density at radius 2 is 2.12 bits per heavy atom. The van der Waals surface area contributed by atoms with E-state index in [-0.39, 0.29) is 25.7 Å². The number of ether oxygens (including phenoxy) is 1. The molecule has 24 heavy (non-hydrogen) atoms. The number of halogens is 2. The average Bonchev–Trinajstić information content (AvgIpc) is 2.57. The summed E-state index contributed by atoms with van der Waals surface area (Å²) < 4.78 is 30.4. The number of rotatable bonds is 2. The van der Waals surface area contributed by atoms with Crippen molar-refractivity contribution in [2.45, 2.75) is 6.10 Å². The van der Waals surface area contributed by atoms with Crippen molar-refractivity contribution < 1.29 is 43.5 Å². The summed E-state index contributed by atoms with van der Waals surface area (Å²) in [5, 5.41) is 10.0. The molecule has 0 saturated carbocycles. The number of benzene rings is 1. The van der Waals surface area contributed by atoms with Gasteiger partial charge >= 0.3 is 20.1 Å². The number of hydrogen-bond donors (Lipinski definition) is 0. The van der Waals surface area contributed by atoms with Gasteiger partial charge in [-0.2, -0.15) is 6.08 Å². The summed E-state index contributed by atoms with van der Waals surface area (Å²) in [5.74, 6) is -2.55. The molecule has 0 saturated heterocycles. The number of aliphatic carboxylic acids is 1. The molecule has 4 nitrogen and oxygen atoms in total. The van der Waals surface area contributed by atoms with Gasteiger partial charge in [0.1, 0.15) is 0 Å². The maximum absolute atomic E-state index is 13.2. The third-order valence-corrected chi connectivity index (χ3v) is 2.63. The zero-order valence-corrected chi connectivity index (χ0v) is 14.4. The van der Waals surface area contributed by atoms with Crippen LogP contribution >= 0.6 is 0 Å². The van der Waals surface area contributed by atoms with E-state index in [4.69, 9.17) is 0 Å². The maximum Gasteiger partial charge on any atom is 3.00 e. The molecule has 1 unspecified atom stereocenters. The summed E-state index contributed by atoms with van der Waals surface area (Å²) in [6, 6.07) is 9.53. The molecule has 0 N–H and O–H groups in total. The largest absolute Gasteiger partial charge is 3.00 e. The molecule has 1 aromatic carbocycles. The smallest absolute Gasteiger partial charge is 0.548 e. The quantitative estimate of drug-likeness (QED) is 0.584.